The normalized spacial score (nSPS) is 19.3. The maximum atomic E-state index is 15.8. The van der Waals surface area contributed by atoms with E-state index in [-0.39, 0.29) is 30.7 Å². The third-order valence-electron chi connectivity index (χ3n) is 6.97. The van der Waals surface area contributed by atoms with E-state index < -0.39 is 5.67 Å². The first-order chi connectivity index (χ1) is 17.0. The van der Waals surface area contributed by atoms with Gasteiger partial charge < -0.3 is 15.2 Å². The number of hydrogen-bond donors (Lipinski definition) is 1. The van der Waals surface area contributed by atoms with Crippen LogP contribution in [0.25, 0.3) is 11.2 Å². The van der Waals surface area contributed by atoms with Crippen LogP contribution in [0.3, 0.4) is 0 Å². The molecule has 0 unspecified atom stereocenters. The summed E-state index contributed by atoms with van der Waals surface area (Å²) < 4.78 is 18.0. The fraction of sp³-hybridized carbons (Fsp3) is 0.542. The lowest BCUT2D eigenvalue weighted by atomic mass is 9.90. The highest BCUT2D eigenvalue weighted by Gasteiger charge is 2.45. The van der Waals surface area contributed by atoms with Crippen molar-refractivity contribution < 1.29 is 9.18 Å². The van der Waals surface area contributed by atoms with Crippen LogP contribution in [0, 0.1) is 0 Å². The maximum absolute atomic E-state index is 15.8. The molecule has 0 atom stereocenters. The van der Waals surface area contributed by atoms with Gasteiger partial charge in [-0.3, -0.25) is 9.69 Å². The number of alkyl halides is 1. The number of carbonyl (C=O) groups excluding carboxylic acids is 1. The smallest absolute Gasteiger partial charge is 0.260 e. The summed E-state index contributed by atoms with van der Waals surface area (Å²) in [5, 5.41) is 0.965. The van der Waals surface area contributed by atoms with Gasteiger partial charge in [0.1, 0.15) is 5.52 Å². The average molecular weight is 499 g/mol. The Labute approximate surface area is 208 Å². The summed E-state index contributed by atoms with van der Waals surface area (Å²) in [7, 11) is 0. The molecule has 1 amide bonds. The van der Waals surface area contributed by atoms with Crippen LogP contribution in [0.15, 0.2) is 35.9 Å². The molecule has 0 spiro atoms. The molecule has 186 valence electrons. The molecule has 0 aromatic carbocycles. The molecule has 5 heterocycles. The summed E-state index contributed by atoms with van der Waals surface area (Å²) >= 11 is 1.70. The molecule has 3 aromatic rings. The van der Waals surface area contributed by atoms with E-state index in [0.29, 0.717) is 32.7 Å². The topological polar surface area (TPSA) is 106 Å². The van der Waals surface area contributed by atoms with Crippen molar-refractivity contribution in [3.05, 3.63) is 36.3 Å². The zero-order valence-corrected chi connectivity index (χ0v) is 20.8. The quantitative estimate of drug-likeness (QED) is 0.517. The highest BCUT2D eigenvalue weighted by atomic mass is 32.2. The molecule has 5 rings (SSSR count). The maximum Gasteiger partial charge on any atom is 0.260 e. The first-order valence-electron chi connectivity index (χ1n) is 12.2. The molecule has 9 nitrogen and oxygen atoms in total. The second kappa shape index (κ2) is 10.1. The van der Waals surface area contributed by atoms with Gasteiger partial charge in [-0.1, -0.05) is 18.7 Å². The Hall–Kier alpha value is -2.79. The lowest BCUT2D eigenvalue weighted by Crippen LogP contribution is -2.53. The standard InChI is InChI=1S/C24H31FN8OS/c1-2-35-23-30-19-4-3-9-27-20(19)33(23)18-5-10-32(11-6-18)21(34)24(25)7-12-31(13-8-24)16-17-14-28-22(26)29-15-17/h3-4,9,14-15,18H,2,5-8,10-13,16H2,1H3,(H2,26,28,29). The van der Waals surface area contributed by atoms with Gasteiger partial charge in [-0.05, 0) is 30.7 Å². The van der Waals surface area contributed by atoms with Crippen molar-refractivity contribution >= 4 is 34.8 Å². The molecule has 0 radical (unpaired) electrons. The molecular formula is C24H31FN8OS. The molecule has 0 bridgehead atoms. The minimum atomic E-state index is -1.80. The van der Waals surface area contributed by atoms with Gasteiger partial charge in [0.15, 0.2) is 16.5 Å². The molecule has 35 heavy (non-hydrogen) atoms. The second-order valence-corrected chi connectivity index (χ2v) is 10.5. The summed E-state index contributed by atoms with van der Waals surface area (Å²) in [6, 6.07) is 4.08. The Bertz CT molecular complexity index is 1170. The van der Waals surface area contributed by atoms with Crippen molar-refractivity contribution in [1.82, 2.24) is 34.3 Å². The number of thioether (sulfide) groups is 1. The van der Waals surface area contributed by atoms with Gasteiger partial charge in [-0.15, -0.1) is 0 Å². The van der Waals surface area contributed by atoms with E-state index in [0.717, 1.165) is 40.5 Å². The molecule has 0 aliphatic carbocycles. The minimum absolute atomic E-state index is 0.201. The van der Waals surface area contributed by atoms with Crippen LogP contribution < -0.4 is 5.73 Å². The number of aromatic nitrogens is 5. The number of pyridine rings is 1. The number of imidazole rings is 1. The molecule has 2 aliphatic rings. The number of piperidine rings is 2. The van der Waals surface area contributed by atoms with Crippen LogP contribution in [0.4, 0.5) is 10.3 Å². The number of amides is 1. The number of likely N-dealkylation sites (tertiary alicyclic amines) is 2. The number of nitrogens with two attached hydrogens (primary N) is 1. The molecular weight excluding hydrogens is 467 g/mol. The van der Waals surface area contributed by atoms with Gasteiger partial charge >= 0.3 is 0 Å². The van der Waals surface area contributed by atoms with Crippen molar-refractivity contribution in [2.24, 2.45) is 0 Å². The number of hydrogen-bond acceptors (Lipinski definition) is 8. The van der Waals surface area contributed by atoms with Crippen molar-refractivity contribution in [1.29, 1.82) is 0 Å². The molecule has 2 fully saturated rings. The van der Waals surface area contributed by atoms with Crippen LogP contribution in [-0.2, 0) is 11.3 Å². The number of nitrogens with zero attached hydrogens (tertiary/aromatic N) is 7. The highest BCUT2D eigenvalue weighted by molar-refractivity contribution is 7.99. The summed E-state index contributed by atoms with van der Waals surface area (Å²) in [4.78, 5) is 34.4. The van der Waals surface area contributed by atoms with E-state index in [1.807, 2.05) is 12.1 Å². The van der Waals surface area contributed by atoms with Crippen LogP contribution in [-0.4, -0.2) is 77.8 Å². The van der Waals surface area contributed by atoms with Crippen molar-refractivity contribution in [3.8, 4) is 0 Å². The van der Waals surface area contributed by atoms with Crippen LogP contribution in [0.1, 0.15) is 44.2 Å². The third kappa shape index (κ3) is 4.97. The van der Waals surface area contributed by atoms with E-state index in [4.69, 9.17) is 10.7 Å². The Balaban J connectivity index is 1.19. The Morgan fingerprint density at radius 3 is 2.57 bits per heavy atom. The number of nitrogen functional groups attached to an aromatic ring is 1. The Morgan fingerprint density at radius 2 is 1.89 bits per heavy atom. The minimum Gasteiger partial charge on any atom is -0.368 e. The number of fused-ring (bicyclic) bond motifs is 1. The lowest BCUT2D eigenvalue weighted by Gasteiger charge is -2.40. The molecule has 11 heteroatoms. The fourth-order valence-electron chi connectivity index (χ4n) is 5.06. The van der Waals surface area contributed by atoms with Gasteiger partial charge in [-0.2, -0.15) is 0 Å². The molecule has 2 saturated heterocycles. The van der Waals surface area contributed by atoms with Crippen molar-refractivity contribution in [2.75, 3.05) is 37.7 Å². The predicted molar refractivity (Wildman–Crippen MR) is 134 cm³/mol. The summed E-state index contributed by atoms with van der Waals surface area (Å²) in [6.07, 6.45) is 7.12. The molecule has 0 saturated carbocycles. The second-order valence-electron chi connectivity index (χ2n) is 9.26. The summed E-state index contributed by atoms with van der Waals surface area (Å²) in [5.41, 5.74) is 6.45. The highest BCUT2D eigenvalue weighted by Crippen LogP contribution is 2.35. The predicted octanol–water partition coefficient (Wildman–Crippen LogP) is 3.08. The number of anilines is 1. The Morgan fingerprint density at radius 1 is 1.17 bits per heavy atom. The van der Waals surface area contributed by atoms with Gasteiger partial charge in [-0.25, -0.2) is 24.3 Å². The van der Waals surface area contributed by atoms with E-state index in [1.165, 1.54) is 0 Å². The largest absolute Gasteiger partial charge is 0.368 e. The van der Waals surface area contributed by atoms with Gasteiger partial charge in [0, 0.05) is 75.8 Å². The number of rotatable bonds is 6. The Kier molecular flexibility index (Phi) is 6.88. The first kappa shape index (κ1) is 23.9. The van der Waals surface area contributed by atoms with Crippen LogP contribution in [0.5, 0.6) is 0 Å². The number of halogens is 1. The van der Waals surface area contributed by atoms with Crippen LogP contribution in [0.2, 0.25) is 0 Å². The zero-order chi connectivity index (χ0) is 24.4. The number of carbonyl (C=O) groups is 1. The summed E-state index contributed by atoms with van der Waals surface area (Å²) in [5.74, 6) is 0.804. The van der Waals surface area contributed by atoms with E-state index in [9.17, 15) is 4.79 Å². The third-order valence-corrected chi connectivity index (χ3v) is 7.80. The van der Waals surface area contributed by atoms with E-state index in [2.05, 4.69) is 31.3 Å². The van der Waals surface area contributed by atoms with Crippen molar-refractivity contribution in [2.45, 2.75) is 56.0 Å². The molecule has 3 aromatic heterocycles. The molecule has 2 N–H and O–H groups in total. The SMILES string of the molecule is CCSc1nc2cccnc2n1C1CCN(C(=O)C2(F)CCN(Cc3cnc(N)nc3)CC2)CC1. The van der Waals surface area contributed by atoms with E-state index >= 15 is 4.39 Å². The fourth-order valence-corrected chi connectivity index (χ4v) is 5.86. The molecule has 2 aliphatic heterocycles. The monoisotopic (exact) mass is 498 g/mol. The average Bonchev–Trinajstić information content (AvgIpc) is 3.25. The lowest BCUT2D eigenvalue weighted by molar-refractivity contribution is -0.149. The summed E-state index contributed by atoms with van der Waals surface area (Å²) in [6.45, 7) is 4.87. The first-order valence-corrected chi connectivity index (χ1v) is 13.2. The van der Waals surface area contributed by atoms with Crippen molar-refractivity contribution in [3.63, 3.8) is 0 Å². The van der Waals surface area contributed by atoms with E-state index in [1.54, 1.807) is 35.3 Å². The van der Waals surface area contributed by atoms with Gasteiger partial charge in [0.2, 0.25) is 5.95 Å². The zero-order valence-electron chi connectivity index (χ0n) is 19.9. The van der Waals surface area contributed by atoms with Gasteiger partial charge in [0.25, 0.3) is 5.91 Å². The van der Waals surface area contributed by atoms with Gasteiger partial charge in [0.05, 0.1) is 0 Å². The van der Waals surface area contributed by atoms with Crippen LogP contribution >= 0.6 is 11.8 Å².